The zero-order chi connectivity index (χ0) is 22.9. The number of hydrogen-bond donors (Lipinski definition) is 0. The van der Waals surface area contributed by atoms with Crippen molar-refractivity contribution in [3.8, 4) is 6.07 Å². The molecule has 4 rings (SSSR count). The van der Waals surface area contributed by atoms with Crippen LogP contribution in [0, 0.1) is 23.2 Å². The first-order valence-electron chi connectivity index (χ1n) is 10.9. The summed E-state index contributed by atoms with van der Waals surface area (Å²) in [6.07, 6.45) is 0.270. The summed E-state index contributed by atoms with van der Waals surface area (Å²) in [6.45, 7) is 3.19. The number of carbonyl (C=O) groups is 1. The van der Waals surface area contributed by atoms with Crippen molar-refractivity contribution in [3.05, 3.63) is 53.7 Å². The van der Waals surface area contributed by atoms with E-state index in [0.717, 1.165) is 30.8 Å². The fraction of sp³-hybridized carbons (Fsp3) is 0.458. The number of nitrogens with zero attached hydrogens (tertiary/aromatic N) is 4. The number of alkyl halides is 3. The van der Waals surface area contributed by atoms with Gasteiger partial charge in [0.25, 0.3) is 0 Å². The molecular formula is C24H25F3N4O. The number of halogens is 3. The second-order valence-electron chi connectivity index (χ2n) is 8.61. The summed E-state index contributed by atoms with van der Waals surface area (Å²) in [7, 11) is 0. The predicted molar refractivity (Wildman–Crippen MR) is 115 cm³/mol. The molecule has 168 valence electrons. The minimum Gasteiger partial charge on any atom is -0.357 e. The maximum Gasteiger partial charge on any atom is 0.416 e. The first kappa shape index (κ1) is 22.1. The Balaban J connectivity index is 1.50. The van der Waals surface area contributed by atoms with E-state index in [-0.39, 0.29) is 17.9 Å². The maximum atomic E-state index is 13.5. The lowest BCUT2D eigenvalue weighted by atomic mass is 9.93. The molecule has 2 fully saturated rings. The average Bonchev–Trinajstić information content (AvgIpc) is 3.64. The molecule has 2 aromatic rings. The van der Waals surface area contributed by atoms with Gasteiger partial charge < -0.3 is 9.80 Å². The van der Waals surface area contributed by atoms with Crippen LogP contribution in [0.3, 0.4) is 0 Å². The Morgan fingerprint density at radius 3 is 2.47 bits per heavy atom. The summed E-state index contributed by atoms with van der Waals surface area (Å²) in [4.78, 5) is 21.5. The quantitative estimate of drug-likeness (QED) is 0.652. The third-order valence-electron chi connectivity index (χ3n) is 6.45. The van der Waals surface area contributed by atoms with E-state index in [1.54, 1.807) is 23.1 Å². The van der Waals surface area contributed by atoms with Crippen LogP contribution in [0.1, 0.15) is 43.7 Å². The monoisotopic (exact) mass is 442 g/mol. The molecule has 1 aliphatic heterocycles. The Kier molecular flexibility index (Phi) is 6.09. The lowest BCUT2D eigenvalue weighted by molar-refractivity contribution is -0.137. The van der Waals surface area contributed by atoms with E-state index in [0.29, 0.717) is 43.1 Å². The van der Waals surface area contributed by atoms with Gasteiger partial charge in [0.2, 0.25) is 5.91 Å². The number of hydrogen-bond acceptors (Lipinski definition) is 4. The molecule has 32 heavy (non-hydrogen) atoms. The maximum absolute atomic E-state index is 13.5. The van der Waals surface area contributed by atoms with Crippen LogP contribution in [0.25, 0.3) is 0 Å². The van der Waals surface area contributed by atoms with E-state index in [9.17, 15) is 18.0 Å². The number of pyridine rings is 1. The SMILES string of the molecule is C[C@H](C1CC1)N(C(=O)C1CCN(c2ccc(C#N)cn2)CC1)c1cccc(C(F)(F)F)c1. The Labute approximate surface area is 185 Å². The topological polar surface area (TPSA) is 60.2 Å². The van der Waals surface area contributed by atoms with Gasteiger partial charge in [-0.05, 0) is 68.9 Å². The standard InChI is InChI=1S/C24H25F3N4O/c1-16(18-6-7-18)31(21-4-2-3-20(13-21)24(25,26)27)23(32)19-9-11-30(12-10-19)22-8-5-17(14-28)15-29-22/h2-5,8,13,15-16,18-19H,6-7,9-12H2,1H3/t16-/m1/s1. The smallest absolute Gasteiger partial charge is 0.357 e. The van der Waals surface area contributed by atoms with Crippen molar-refractivity contribution in [2.45, 2.75) is 44.8 Å². The van der Waals surface area contributed by atoms with Crippen molar-refractivity contribution in [2.75, 3.05) is 22.9 Å². The largest absolute Gasteiger partial charge is 0.416 e. The summed E-state index contributed by atoms with van der Waals surface area (Å²) < 4.78 is 39.8. The zero-order valence-corrected chi connectivity index (χ0v) is 17.8. The third kappa shape index (κ3) is 4.72. The van der Waals surface area contributed by atoms with Gasteiger partial charge in [0.05, 0.1) is 11.1 Å². The minimum atomic E-state index is -4.45. The fourth-order valence-electron chi connectivity index (χ4n) is 4.38. The highest BCUT2D eigenvalue weighted by Crippen LogP contribution is 2.40. The van der Waals surface area contributed by atoms with Crippen molar-refractivity contribution < 1.29 is 18.0 Å². The van der Waals surface area contributed by atoms with Crippen LogP contribution in [-0.2, 0) is 11.0 Å². The van der Waals surface area contributed by atoms with Crippen LogP contribution in [-0.4, -0.2) is 30.0 Å². The molecule has 0 unspecified atom stereocenters. The van der Waals surface area contributed by atoms with Crippen molar-refractivity contribution in [1.82, 2.24) is 4.98 Å². The van der Waals surface area contributed by atoms with Gasteiger partial charge in [0, 0.05) is 36.9 Å². The minimum absolute atomic E-state index is 0.101. The predicted octanol–water partition coefficient (Wildman–Crippen LogP) is 5.02. The molecule has 2 heterocycles. The molecule has 1 aromatic heterocycles. The molecule has 1 aromatic carbocycles. The second-order valence-corrected chi connectivity index (χ2v) is 8.61. The van der Waals surface area contributed by atoms with Crippen LogP contribution >= 0.6 is 0 Å². The number of piperidine rings is 1. The molecule has 0 N–H and O–H groups in total. The van der Waals surface area contributed by atoms with Gasteiger partial charge in [0.15, 0.2) is 0 Å². The molecular weight excluding hydrogens is 417 g/mol. The van der Waals surface area contributed by atoms with Crippen LogP contribution < -0.4 is 9.80 Å². The first-order valence-corrected chi connectivity index (χ1v) is 10.9. The summed E-state index contributed by atoms with van der Waals surface area (Å²) in [5.41, 5.74) is 0.0718. The highest BCUT2D eigenvalue weighted by Gasteiger charge is 2.39. The van der Waals surface area contributed by atoms with Crippen LogP contribution in [0.4, 0.5) is 24.7 Å². The van der Waals surface area contributed by atoms with Crippen LogP contribution in [0.2, 0.25) is 0 Å². The summed E-state index contributed by atoms with van der Waals surface area (Å²) in [5, 5.41) is 8.92. The molecule has 5 nitrogen and oxygen atoms in total. The Morgan fingerprint density at radius 2 is 1.91 bits per heavy atom. The molecule has 8 heteroatoms. The van der Waals surface area contributed by atoms with Gasteiger partial charge in [-0.15, -0.1) is 0 Å². The van der Waals surface area contributed by atoms with Crippen LogP contribution in [0.15, 0.2) is 42.6 Å². The van der Waals surface area contributed by atoms with Gasteiger partial charge in [0.1, 0.15) is 11.9 Å². The van der Waals surface area contributed by atoms with Gasteiger partial charge >= 0.3 is 6.18 Å². The van der Waals surface area contributed by atoms with E-state index in [1.807, 2.05) is 13.0 Å². The van der Waals surface area contributed by atoms with E-state index in [1.165, 1.54) is 12.3 Å². The summed E-state index contributed by atoms with van der Waals surface area (Å²) >= 11 is 0. The number of nitriles is 1. The molecule has 1 saturated heterocycles. The number of amides is 1. The van der Waals surface area contributed by atoms with Gasteiger partial charge in [-0.3, -0.25) is 4.79 Å². The van der Waals surface area contributed by atoms with E-state index >= 15 is 0 Å². The molecule has 1 amide bonds. The number of benzene rings is 1. The lowest BCUT2D eigenvalue weighted by Crippen LogP contribution is -2.47. The Bertz CT molecular complexity index is 1000. The molecule has 0 spiro atoms. The molecule has 1 atom stereocenters. The normalized spacial score (nSPS) is 18.2. The van der Waals surface area contributed by atoms with E-state index < -0.39 is 11.7 Å². The highest BCUT2D eigenvalue weighted by atomic mass is 19.4. The average molecular weight is 442 g/mol. The number of carbonyl (C=O) groups excluding carboxylic acids is 1. The summed E-state index contributed by atoms with van der Waals surface area (Å²) in [6, 6.07) is 10.5. The number of rotatable bonds is 5. The number of anilines is 2. The molecule has 0 bridgehead atoms. The first-order chi connectivity index (χ1) is 15.3. The molecule has 0 radical (unpaired) electrons. The van der Waals surface area contributed by atoms with Crippen molar-refractivity contribution in [1.29, 1.82) is 5.26 Å². The Hall–Kier alpha value is -3.08. The fourth-order valence-corrected chi connectivity index (χ4v) is 4.38. The van der Waals surface area contributed by atoms with Crippen molar-refractivity contribution in [2.24, 2.45) is 11.8 Å². The lowest BCUT2D eigenvalue weighted by Gasteiger charge is -2.37. The van der Waals surface area contributed by atoms with Crippen molar-refractivity contribution >= 4 is 17.4 Å². The summed E-state index contributed by atoms with van der Waals surface area (Å²) in [5.74, 6) is 0.740. The van der Waals surface area contributed by atoms with E-state index in [4.69, 9.17) is 5.26 Å². The zero-order valence-electron chi connectivity index (χ0n) is 17.8. The second kappa shape index (κ2) is 8.81. The molecule has 1 aliphatic carbocycles. The van der Waals surface area contributed by atoms with Gasteiger partial charge in [-0.1, -0.05) is 6.07 Å². The third-order valence-corrected chi connectivity index (χ3v) is 6.45. The van der Waals surface area contributed by atoms with Crippen LogP contribution in [0.5, 0.6) is 0 Å². The Morgan fingerprint density at radius 1 is 1.19 bits per heavy atom. The molecule has 2 aliphatic rings. The highest BCUT2D eigenvalue weighted by molar-refractivity contribution is 5.96. The van der Waals surface area contributed by atoms with Gasteiger partial charge in [-0.2, -0.15) is 18.4 Å². The van der Waals surface area contributed by atoms with E-state index in [2.05, 4.69) is 9.88 Å². The van der Waals surface area contributed by atoms with Gasteiger partial charge in [-0.25, -0.2) is 4.98 Å². The van der Waals surface area contributed by atoms with Crippen molar-refractivity contribution in [3.63, 3.8) is 0 Å². The number of aromatic nitrogens is 1. The molecule has 1 saturated carbocycles.